The predicted octanol–water partition coefficient (Wildman–Crippen LogP) is 3.01. The highest BCUT2D eigenvalue weighted by molar-refractivity contribution is 14.0. The largest absolute Gasteiger partial charge is 0.356 e. The van der Waals surface area contributed by atoms with E-state index in [1.54, 1.807) is 0 Å². The zero-order valence-electron chi connectivity index (χ0n) is 17.2. The first-order chi connectivity index (χ1) is 11.5. The second kappa shape index (κ2) is 15.0. The van der Waals surface area contributed by atoms with Crippen molar-refractivity contribution in [1.82, 2.24) is 20.4 Å². The average Bonchev–Trinajstić information content (AvgIpc) is 2.59. The first-order valence-corrected chi connectivity index (χ1v) is 9.97. The molecule has 1 rings (SSSR count). The molecule has 0 spiro atoms. The first kappa shape index (κ1) is 24.9. The fourth-order valence-corrected chi connectivity index (χ4v) is 3.08. The number of unbranched alkanes of at least 4 members (excludes halogenated alkanes) is 1. The van der Waals surface area contributed by atoms with Gasteiger partial charge in [0.2, 0.25) is 0 Å². The lowest BCUT2D eigenvalue weighted by molar-refractivity contribution is 0.136. The highest BCUT2D eigenvalue weighted by Gasteiger charge is 2.14. The van der Waals surface area contributed by atoms with Crippen LogP contribution in [0.25, 0.3) is 0 Å². The molecule has 2 N–H and O–H groups in total. The van der Waals surface area contributed by atoms with Crippen molar-refractivity contribution in [2.75, 3.05) is 52.9 Å². The Hall–Kier alpha value is -0.0800. The number of hydrogen-bond acceptors (Lipinski definition) is 3. The second-order valence-corrected chi connectivity index (χ2v) is 7.50. The number of nitrogens with zero attached hydrogens (tertiary/aromatic N) is 3. The van der Waals surface area contributed by atoms with Crippen LogP contribution in [0.15, 0.2) is 4.99 Å². The van der Waals surface area contributed by atoms with Crippen LogP contribution in [-0.4, -0.2) is 74.7 Å². The zero-order valence-corrected chi connectivity index (χ0v) is 19.5. The Morgan fingerprint density at radius 1 is 1.00 bits per heavy atom. The summed E-state index contributed by atoms with van der Waals surface area (Å²) in [5, 5.41) is 6.95. The standard InChI is InChI=1S/C19H41N5.HI/c1-6-23-13-15-24(16-14-23)12-8-7-11-21-19(20-5)22-18(4)10-9-17(2)3;/h17-18H,6-16H2,1-5H3,(H2,20,21,22);1H. The summed E-state index contributed by atoms with van der Waals surface area (Å²) in [5.41, 5.74) is 0. The van der Waals surface area contributed by atoms with Gasteiger partial charge in [0.15, 0.2) is 5.96 Å². The molecule has 1 heterocycles. The number of rotatable bonds is 10. The van der Waals surface area contributed by atoms with Crippen molar-refractivity contribution in [2.45, 2.75) is 59.4 Å². The van der Waals surface area contributed by atoms with Crippen molar-refractivity contribution >= 4 is 29.9 Å². The second-order valence-electron chi connectivity index (χ2n) is 7.50. The van der Waals surface area contributed by atoms with Crippen LogP contribution in [0.1, 0.15) is 53.4 Å². The van der Waals surface area contributed by atoms with Gasteiger partial charge in [-0.05, 0) is 51.6 Å². The van der Waals surface area contributed by atoms with Crippen LogP contribution in [0.5, 0.6) is 0 Å². The molecule has 5 nitrogen and oxygen atoms in total. The molecule has 1 aliphatic heterocycles. The maximum Gasteiger partial charge on any atom is 0.191 e. The van der Waals surface area contributed by atoms with Gasteiger partial charge in [0, 0.05) is 45.8 Å². The van der Waals surface area contributed by atoms with Gasteiger partial charge in [-0.15, -0.1) is 24.0 Å². The van der Waals surface area contributed by atoms with Crippen molar-refractivity contribution in [3.8, 4) is 0 Å². The Bertz CT molecular complexity index is 341. The van der Waals surface area contributed by atoms with Gasteiger partial charge in [-0.1, -0.05) is 20.8 Å². The summed E-state index contributed by atoms with van der Waals surface area (Å²) in [5.74, 6) is 1.71. The molecule has 0 bridgehead atoms. The molecule has 1 aliphatic rings. The summed E-state index contributed by atoms with van der Waals surface area (Å²) in [7, 11) is 1.86. The Morgan fingerprint density at radius 3 is 2.20 bits per heavy atom. The maximum absolute atomic E-state index is 4.34. The maximum atomic E-state index is 4.34. The molecule has 6 heteroatoms. The molecule has 25 heavy (non-hydrogen) atoms. The summed E-state index contributed by atoms with van der Waals surface area (Å²) < 4.78 is 0. The van der Waals surface area contributed by atoms with E-state index in [2.05, 4.69) is 53.1 Å². The van der Waals surface area contributed by atoms with E-state index < -0.39 is 0 Å². The van der Waals surface area contributed by atoms with Gasteiger partial charge in [-0.25, -0.2) is 0 Å². The minimum atomic E-state index is 0. The SMILES string of the molecule is CCN1CCN(CCCCNC(=NC)NC(C)CCC(C)C)CC1.I. The molecule has 0 saturated carbocycles. The highest BCUT2D eigenvalue weighted by atomic mass is 127. The average molecular weight is 467 g/mol. The van der Waals surface area contributed by atoms with Crippen LogP contribution in [-0.2, 0) is 0 Å². The molecule has 0 aromatic heterocycles. The Morgan fingerprint density at radius 2 is 1.64 bits per heavy atom. The number of aliphatic imine (C=N–C) groups is 1. The van der Waals surface area contributed by atoms with E-state index in [0.717, 1.165) is 18.4 Å². The lowest BCUT2D eigenvalue weighted by Crippen LogP contribution is -2.46. The third-order valence-electron chi connectivity index (χ3n) is 4.89. The van der Waals surface area contributed by atoms with E-state index in [9.17, 15) is 0 Å². The van der Waals surface area contributed by atoms with E-state index in [-0.39, 0.29) is 24.0 Å². The highest BCUT2D eigenvalue weighted by Crippen LogP contribution is 2.06. The smallest absolute Gasteiger partial charge is 0.191 e. The molecule has 150 valence electrons. The fraction of sp³-hybridized carbons (Fsp3) is 0.947. The van der Waals surface area contributed by atoms with E-state index >= 15 is 0 Å². The molecular weight excluding hydrogens is 425 g/mol. The number of halogens is 1. The van der Waals surface area contributed by atoms with E-state index in [4.69, 9.17) is 0 Å². The van der Waals surface area contributed by atoms with Crippen LogP contribution in [0.2, 0.25) is 0 Å². The quantitative estimate of drug-likeness (QED) is 0.224. The number of nitrogens with one attached hydrogen (secondary N) is 2. The van der Waals surface area contributed by atoms with Gasteiger partial charge in [-0.2, -0.15) is 0 Å². The number of guanidine groups is 1. The Balaban J connectivity index is 0.00000576. The summed E-state index contributed by atoms with van der Waals surface area (Å²) in [4.78, 5) is 9.48. The van der Waals surface area contributed by atoms with Gasteiger partial charge >= 0.3 is 0 Å². The summed E-state index contributed by atoms with van der Waals surface area (Å²) >= 11 is 0. The number of piperazine rings is 1. The molecule has 1 saturated heterocycles. The van der Waals surface area contributed by atoms with E-state index in [1.807, 2.05) is 7.05 Å². The Labute approximate surface area is 173 Å². The number of hydrogen-bond donors (Lipinski definition) is 2. The van der Waals surface area contributed by atoms with Crippen LogP contribution in [0.4, 0.5) is 0 Å². The minimum Gasteiger partial charge on any atom is -0.356 e. The van der Waals surface area contributed by atoms with Gasteiger partial charge in [0.25, 0.3) is 0 Å². The monoisotopic (exact) mass is 467 g/mol. The predicted molar refractivity (Wildman–Crippen MR) is 121 cm³/mol. The van der Waals surface area contributed by atoms with Gasteiger partial charge in [0.05, 0.1) is 0 Å². The third kappa shape index (κ3) is 12.0. The van der Waals surface area contributed by atoms with E-state index in [0.29, 0.717) is 6.04 Å². The molecule has 0 radical (unpaired) electrons. The lowest BCUT2D eigenvalue weighted by Gasteiger charge is -2.34. The minimum absolute atomic E-state index is 0. The fourth-order valence-electron chi connectivity index (χ4n) is 3.08. The van der Waals surface area contributed by atoms with Crippen molar-refractivity contribution in [3.63, 3.8) is 0 Å². The zero-order chi connectivity index (χ0) is 17.8. The van der Waals surface area contributed by atoms with Crippen molar-refractivity contribution in [1.29, 1.82) is 0 Å². The van der Waals surface area contributed by atoms with Gasteiger partial charge in [0.1, 0.15) is 0 Å². The summed E-state index contributed by atoms with van der Waals surface area (Å²) in [6.45, 7) is 17.4. The topological polar surface area (TPSA) is 42.9 Å². The van der Waals surface area contributed by atoms with E-state index in [1.165, 1.54) is 65.0 Å². The molecule has 0 aliphatic carbocycles. The van der Waals surface area contributed by atoms with Crippen LogP contribution in [0.3, 0.4) is 0 Å². The molecule has 0 aromatic carbocycles. The summed E-state index contributed by atoms with van der Waals surface area (Å²) in [6, 6.07) is 0.480. The molecule has 0 aromatic rings. The van der Waals surface area contributed by atoms with Crippen molar-refractivity contribution in [3.05, 3.63) is 0 Å². The normalized spacial score (nSPS) is 18.1. The van der Waals surface area contributed by atoms with Crippen LogP contribution in [0, 0.1) is 5.92 Å². The third-order valence-corrected chi connectivity index (χ3v) is 4.89. The van der Waals surface area contributed by atoms with Crippen molar-refractivity contribution in [2.24, 2.45) is 10.9 Å². The van der Waals surface area contributed by atoms with Crippen LogP contribution < -0.4 is 10.6 Å². The molecule has 1 unspecified atom stereocenters. The molecular formula is C19H42IN5. The van der Waals surface area contributed by atoms with Crippen molar-refractivity contribution < 1.29 is 0 Å². The molecule has 1 fully saturated rings. The molecule has 1 atom stereocenters. The molecule has 0 amide bonds. The summed E-state index contributed by atoms with van der Waals surface area (Å²) in [6.07, 6.45) is 4.92. The Kier molecular flexibility index (Phi) is 15.0. The van der Waals surface area contributed by atoms with Crippen LogP contribution >= 0.6 is 24.0 Å². The number of likely N-dealkylation sites (N-methyl/N-ethyl adjacent to an activating group) is 1. The van der Waals surface area contributed by atoms with Gasteiger partial charge in [-0.3, -0.25) is 4.99 Å². The first-order valence-electron chi connectivity index (χ1n) is 9.97. The lowest BCUT2D eigenvalue weighted by atomic mass is 10.0. The van der Waals surface area contributed by atoms with Gasteiger partial charge < -0.3 is 20.4 Å².